The first-order valence-corrected chi connectivity index (χ1v) is 5.14. The molecule has 0 saturated carbocycles. The minimum absolute atomic E-state index is 0.241. The van der Waals surface area contributed by atoms with E-state index in [1.165, 1.54) is 0 Å². The standard InChI is InChI=1S/C8H12ClNOS/c9-7-2-5-12-8(7)6-10-3-1-4-11/h2,5,10-11H,1,3-4,6H2. The van der Waals surface area contributed by atoms with Crippen molar-refractivity contribution in [1.82, 2.24) is 5.32 Å². The number of aliphatic hydroxyl groups excluding tert-OH is 1. The van der Waals surface area contributed by atoms with Crippen LogP contribution in [0.25, 0.3) is 0 Å². The van der Waals surface area contributed by atoms with Crippen LogP contribution in [0.3, 0.4) is 0 Å². The first kappa shape index (κ1) is 9.99. The third kappa shape index (κ3) is 3.11. The molecule has 0 radical (unpaired) electrons. The van der Waals surface area contributed by atoms with Gasteiger partial charge in [0, 0.05) is 18.0 Å². The molecule has 0 unspecified atom stereocenters. The van der Waals surface area contributed by atoms with Crippen LogP contribution in [0.5, 0.6) is 0 Å². The van der Waals surface area contributed by atoms with Crippen molar-refractivity contribution in [1.29, 1.82) is 0 Å². The molecule has 0 aliphatic carbocycles. The maximum atomic E-state index is 8.51. The largest absolute Gasteiger partial charge is 0.396 e. The number of halogens is 1. The average molecular weight is 206 g/mol. The van der Waals surface area contributed by atoms with Crippen LogP contribution in [0.15, 0.2) is 11.4 Å². The van der Waals surface area contributed by atoms with Crippen molar-refractivity contribution in [3.8, 4) is 0 Å². The van der Waals surface area contributed by atoms with E-state index in [2.05, 4.69) is 5.32 Å². The quantitative estimate of drug-likeness (QED) is 0.720. The molecule has 0 aromatic carbocycles. The fraction of sp³-hybridized carbons (Fsp3) is 0.500. The van der Waals surface area contributed by atoms with Gasteiger partial charge in [-0.3, -0.25) is 0 Å². The number of hydrogen-bond donors (Lipinski definition) is 2. The summed E-state index contributed by atoms with van der Waals surface area (Å²) in [4.78, 5) is 1.16. The summed E-state index contributed by atoms with van der Waals surface area (Å²) in [7, 11) is 0. The maximum Gasteiger partial charge on any atom is 0.0558 e. The third-order valence-electron chi connectivity index (χ3n) is 1.49. The van der Waals surface area contributed by atoms with Crippen molar-refractivity contribution >= 4 is 22.9 Å². The summed E-state index contributed by atoms with van der Waals surface area (Å²) < 4.78 is 0. The zero-order valence-corrected chi connectivity index (χ0v) is 8.29. The number of hydrogen-bond acceptors (Lipinski definition) is 3. The Morgan fingerprint density at radius 3 is 3.00 bits per heavy atom. The molecule has 12 heavy (non-hydrogen) atoms. The van der Waals surface area contributed by atoms with Crippen molar-refractivity contribution in [2.24, 2.45) is 0 Å². The summed E-state index contributed by atoms with van der Waals surface area (Å²) in [5.41, 5.74) is 0. The lowest BCUT2D eigenvalue weighted by Gasteiger charge is -2.00. The predicted octanol–water partition coefficient (Wildman–Crippen LogP) is 1.87. The van der Waals surface area contributed by atoms with E-state index in [4.69, 9.17) is 16.7 Å². The molecule has 2 nitrogen and oxygen atoms in total. The molecule has 0 aliphatic heterocycles. The Bertz CT molecular complexity index is 227. The van der Waals surface area contributed by atoms with Gasteiger partial charge in [-0.1, -0.05) is 11.6 Å². The Kier molecular flexibility index (Phi) is 4.61. The van der Waals surface area contributed by atoms with E-state index in [0.717, 1.165) is 29.4 Å². The topological polar surface area (TPSA) is 32.3 Å². The Labute approximate surface area is 81.2 Å². The van der Waals surface area contributed by atoms with Gasteiger partial charge in [-0.15, -0.1) is 11.3 Å². The zero-order chi connectivity index (χ0) is 8.81. The van der Waals surface area contributed by atoms with Gasteiger partial charge in [0.05, 0.1) is 5.02 Å². The van der Waals surface area contributed by atoms with E-state index in [1.807, 2.05) is 11.4 Å². The minimum Gasteiger partial charge on any atom is -0.396 e. The van der Waals surface area contributed by atoms with E-state index in [1.54, 1.807) is 11.3 Å². The summed E-state index contributed by atoms with van der Waals surface area (Å²) in [5.74, 6) is 0. The molecule has 0 atom stereocenters. The van der Waals surface area contributed by atoms with E-state index in [9.17, 15) is 0 Å². The van der Waals surface area contributed by atoms with Crippen LogP contribution in [0.1, 0.15) is 11.3 Å². The molecule has 0 amide bonds. The van der Waals surface area contributed by atoms with Crippen LogP contribution in [0.2, 0.25) is 5.02 Å². The van der Waals surface area contributed by atoms with Crippen molar-refractivity contribution < 1.29 is 5.11 Å². The number of rotatable bonds is 5. The molecular weight excluding hydrogens is 194 g/mol. The first-order chi connectivity index (χ1) is 5.84. The van der Waals surface area contributed by atoms with E-state index in [-0.39, 0.29) is 6.61 Å². The molecule has 2 N–H and O–H groups in total. The lowest BCUT2D eigenvalue weighted by atomic mass is 10.4. The lowest BCUT2D eigenvalue weighted by Crippen LogP contribution is -2.14. The number of nitrogens with one attached hydrogen (secondary N) is 1. The summed E-state index contributed by atoms with van der Waals surface area (Å²) in [5, 5.41) is 14.5. The molecule has 4 heteroatoms. The molecule has 1 rings (SSSR count). The minimum atomic E-state index is 0.241. The molecule has 1 aromatic rings. The fourth-order valence-corrected chi connectivity index (χ4v) is 1.93. The second kappa shape index (κ2) is 5.54. The molecule has 0 aliphatic rings. The Hall–Kier alpha value is -0.0900. The molecule has 1 aromatic heterocycles. The van der Waals surface area contributed by atoms with Crippen molar-refractivity contribution in [2.75, 3.05) is 13.2 Å². The SMILES string of the molecule is OCCCNCc1sccc1Cl. The Morgan fingerprint density at radius 2 is 2.42 bits per heavy atom. The Morgan fingerprint density at radius 1 is 1.58 bits per heavy atom. The average Bonchev–Trinajstić information content (AvgIpc) is 2.46. The van der Waals surface area contributed by atoms with E-state index >= 15 is 0 Å². The van der Waals surface area contributed by atoms with Crippen molar-refractivity contribution in [2.45, 2.75) is 13.0 Å². The van der Waals surface area contributed by atoms with Crippen molar-refractivity contribution in [3.63, 3.8) is 0 Å². The van der Waals surface area contributed by atoms with Gasteiger partial charge < -0.3 is 10.4 Å². The maximum absolute atomic E-state index is 8.51. The van der Waals surface area contributed by atoms with Gasteiger partial charge in [-0.25, -0.2) is 0 Å². The van der Waals surface area contributed by atoms with Gasteiger partial charge in [-0.05, 0) is 24.4 Å². The summed E-state index contributed by atoms with van der Waals surface area (Å²) in [6.07, 6.45) is 0.795. The normalized spacial score (nSPS) is 10.5. The van der Waals surface area contributed by atoms with Crippen LogP contribution in [-0.2, 0) is 6.54 Å². The van der Waals surface area contributed by atoms with Crippen LogP contribution in [0.4, 0.5) is 0 Å². The molecule has 0 spiro atoms. The van der Waals surface area contributed by atoms with E-state index < -0.39 is 0 Å². The van der Waals surface area contributed by atoms with Crippen LogP contribution in [0, 0.1) is 0 Å². The molecule has 68 valence electrons. The van der Waals surface area contributed by atoms with Crippen LogP contribution in [-0.4, -0.2) is 18.3 Å². The molecule has 0 fully saturated rings. The highest BCUT2D eigenvalue weighted by Gasteiger charge is 1.99. The smallest absolute Gasteiger partial charge is 0.0558 e. The van der Waals surface area contributed by atoms with Gasteiger partial charge >= 0.3 is 0 Å². The second-order valence-electron chi connectivity index (χ2n) is 2.45. The molecule has 0 saturated heterocycles. The fourth-order valence-electron chi connectivity index (χ4n) is 0.857. The van der Waals surface area contributed by atoms with E-state index in [0.29, 0.717) is 0 Å². The van der Waals surface area contributed by atoms with Gasteiger partial charge in [0.25, 0.3) is 0 Å². The molecular formula is C8H12ClNOS. The van der Waals surface area contributed by atoms with Gasteiger partial charge in [-0.2, -0.15) is 0 Å². The van der Waals surface area contributed by atoms with Crippen LogP contribution >= 0.6 is 22.9 Å². The second-order valence-corrected chi connectivity index (χ2v) is 3.85. The number of thiophene rings is 1. The van der Waals surface area contributed by atoms with Crippen LogP contribution < -0.4 is 5.32 Å². The third-order valence-corrected chi connectivity index (χ3v) is 2.88. The van der Waals surface area contributed by atoms with Gasteiger partial charge in [0.15, 0.2) is 0 Å². The zero-order valence-electron chi connectivity index (χ0n) is 6.72. The monoisotopic (exact) mass is 205 g/mol. The van der Waals surface area contributed by atoms with Gasteiger partial charge in [0.1, 0.15) is 0 Å². The van der Waals surface area contributed by atoms with Gasteiger partial charge in [0.2, 0.25) is 0 Å². The predicted molar refractivity (Wildman–Crippen MR) is 52.7 cm³/mol. The highest BCUT2D eigenvalue weighted by atomic mass is 35.5. The van der Waals surface area contributed by atoms with Crippen molar-refractivity contribution in [3.05, 3.63) is 21.3 Å². The summed E-state index contributed by atoms with van der Waals surface area (Å²) in [6.45, 7) is 1.88. The summed E-state index contributed by atoms with van der Waals surface area (Å²) >= 11 is 7.52. The molecule has 1 heterocycles. The first-order valence-electron chi connectivity index (χ1n) is 3.88. The molecule has 0 bridgehead atoms. The number of aliphatic hydroxyl groups is 1. The highest BCUT2D eigenvalue weighted by molar-refractivity contribution is 7.10. The summed E-state index contributed by atoms with van der Waals surface area (Å²) in [6, 6.07) is 1.90. The highest BCUT2D eigenvalue weighted by Crippen LogP contribution is 2.21. The lowest BCUT2D eigenvalue weighted by molar-refractivity contribution is 0.286. The Balaban J connectivity index is 2.20.